The molecule has 1 aliphatic heterocycles. The first-order valence-electron chi connectivity index (χ1n) is 9.12. The number of hydrogen-bond donors (Lipinski definition) is 1. The predicted octanol–water partition coefficient (Wildman–Crippen LogP) is 3.19. The third kappa shape index (κ3) is 2.92. The number of fused-ring (bicyclic) bond motifs is 1. The number of nitrogens with one attached hydrogen (secondary N) is 1. The minimum atomic E-state index is 0.0476. The average Bonchev–Trinajstić information content (AvgIpc) is 3.26. The van der Waals surface area contributed by atoms with Crippen molar-refractivity contribution >= 4 is 5.91 Å². The predicted molar refractivity (Wildman–Crippen MR) is 99.7 cm³/mol. The fourth-order valence-corrected chi connectivity index (χ4v) is 3.46. The molecule has 0 saturated heterocycles. The number of carbonyl (C=O) groups excluding carboxylic acids is 1. The fourth-order valence-electron chi connectivity index (χ4n) is 3.46. The Hall–Kier alpha value is -2.89. The molecule has 1 aromatic carbocycles. The van der Waals surface area contributed by atoms with Crippen LogP contribution in [-0.4, -0.2) is 37.1 Å². The quantitative estimate of drug-likeness (QED) is 0.786. The molecular formula is C20H23N5O. The SMILES string of the molecule is CCCn1ncc(C(=O)N2CCc3nc(-c4ccccc4)[nH]c3C2)c1C. The molecule has 0 atom stereocenters. The molecule has 0 aliphatic carbocycles. The van der Waals surface area contributed by atoms with E-state index in [2.05, 4.69) is 17.0 Å². The molecule has 1 amide bonds. The monoisotopic (exact) mass is 349 g/mol. The molecule has 134 valence electrons. The maximum Gasteiger partial charge on any atom is 0.257 e. The van der Waals surface area contributed by atoms with Crippen LogP contribution in [0.4, 0.5) is 0 Å². The number of imidazole rings is 1. The van der Waals surface area contributed by atoms with Gasteiger partial charge in [-0.2, -0.15) is 5.10 Å². The molecule has 3 heterocycles. The standard InChI is InChI=1S/C20H23N5O/c1-3-10-25-14(2)16(12-21-25)20(26)24-11-9-17-18(13-24)23-19(22-17)15-7-5-4-6-8-15/h4-8,12H,3,9-11,13H2,1-2H3,(H,22,23). The van der Waals surface area contributed by atoms with Crippen LogP contribution < -0.4 is 0 Å². The van der Waals surface area contributed by atoms with Gasteiger partial charge in [-0.1, -0.05) is 37.3 Å². The first kappa shape index (κ1) is 16.6. The first-order chi connectivity index (χ1) is 12.7. The zero-order valence-corrected chi connectivity index (χ0v) is 15.2. The summed E-state index contributed by atoms with van der Waals surface area (Å²) in [7, 11) is 0. The molecule has 6 nitrogen and oxygen atoms in total. The smallest absolute Gasteiger partial charge is 0.257 e. The summed E-state index contributed by atoms with van der Waals surface area (Å²) >= 11 is 0. The van der Waals surface area contributed by atoms with E-state index < -0.39 is 0 Å². The Morgan fingerprint density at radius 3 is 2.85 bits per heavy atom. The highest BCUT2D eigenvalue weighted by molar-refractivity contribution is 5.95. The molecule has 26 heavy (non-hydrogen) atoms. The Bertz CT molecular complexity index is 925. The number of carbonyl (C=O) groups is 1. The van der Waals surface area contributed by atoms with Gasteiger partial charge in [0.05, 0.1) is 29.7 Å². The van der Waals surface area contributed by atoms with Crippen LogP contribution in [0.1, 0.15) is 40.8 Å². The van der Waals surface area contributed by atoms with Crippen LogP contribution in [0.3, 0.4) is 0 Å². The number of H-pyrrole nitrogens is 1. The number of benzene rings is 1. The Kier molecular flexibility index (Phi) is 4.32. The van der Waals surface area contributed by atoms with Gasteiger partial charge in [0.25, 0.3) is 5.91 Å². The van der Waals surface area contributed by atoms with E-state index in [1.165, 1.54) is 0 Å². The van der Waals surface area contributed by atoms with Crippen molar-refractivity contribution in [1.29, 1.82) is 0 Å². The number of aromatic amines is 1. The van der Waals surface area contributed by atoms with E-state index in [0.717, 1.165) is 47.9 Å². The van der Waals surface area contributed by atoms with E-state index in [4.69, 9.17) is 4.98 Å². The second-order valence-corrected chi connectivity index (χ2v) is 6.72. The molecule has 2 aromatic heterocycles. The van der Waals surface area contributed by atoms with Crippen molar-refractivity contribution in [2.45, 2.75) is 39.8 Å². The van der Waals surface area contributed by atoms with Gasteiger partial charge in [-0.05, 0) is 13.3 Å². The molecular weight excluding hydrogens is 326 g/mol. The van der Waals surface area contributed by atoms with Crippen LogP contribution >= 0.6 is 0 Å². The third-order valence-corrected chi connectivity index (χ3v) is 4.94. The van der Waals surface area contributed by atoms with Crippen LogP contribution in [0, 0.1) is 6.92 Å². The average molecular weight is 349 g/mol. The molecule has 6 heteroatoms. The van der Waals surface area contributed by atoms with Crippen molar-refractivity contribution in [3.63, 3.8) is 0 Å². The van der Waals surface area contributed by atoms with E-state index >= 15 is 0 Å². The largest absolute Gasteiger partial charge is 0.340 e. The van der Waals surface area contributed by atoms with Crippen molar-refractivity contribution in [1.82, 2.24) is 24.6 Å². The Morgan fingerprint density at radius 1 is 1.27 bits per heavy atom. The van der Waals surface area contributed by atoms with Gasteiger partial charge < -0.3 is 9.88 Å². The van der Waals surface area contributed by atoms with Crippen molar-refractivity contribution in [2.75, 3.05) is 6.54 Å². The van der Waals surface area contributed by atoms with Gasteiger partial charge in [-0.25, -0.2) is 4.98 Å². The molecule has 3 aromatic rings. The fraction of sp³-hybridized carbons (Fsp3) is 0.350. The number of rotatable bonds is 4. The van der Waals surface area contributed by atoms with Gasteiger partial charge in [0.1, 0.15) is 5.82 Å². The minimum Gasteiger partial charge on any atom is -0.340 e. The summed E-state index contributed by atoms with van der Waals surface area (Å²) in [5.74, 6) is 0.920. The summed E-state index contributed by atoms with van der Waals surface area (Å²) < 4.78 is 1.91. The Balaban J connectivity index is 1.55. The maximum absolute atomic E-state index is 13.0. The van der Waals surface area contributed by atoms with Crippen LogP contribution in [-0.2, 0) is 19.5 Å². The number of hydrogen-bond acceptors (Lipinski definition) is 3. The Morgan fingerprint density at radius 2 is 2.08 bits per heavy atom. The van der Waals surface area contributed by atoms with Gasteiger partial charge >= 0.3 is 0 Å². The normalized spacial score (nSPS) is 13.7. The van der Waals surface area contributed by atoms with Crippen LogP contribution in [0.5, 0.6) is 0 Å². The zero-order chi connectivity index (χ0) is 18.1. The summed E-state index contributed by atoms with van der Waals surface area (Å²) in [6.07, 6.45) is 3.47. The molecule has 0 fully saturated rings. The lowest BCUT2D eigenvalue weighted by atomic mass is 10.1. The van der Waals surface area contributed by atoms with E-state index in [1.807, 2.05) is 46.8 Å². The summed E-state index contributed by atoms with van der Waals surface area (Å²) in [5.41, 5.74) is 4.80. The topological polar surface area (TPSA) is 66.8 Å². The zero-order valence-electron chi connectivity index (χ0n) is 15.2. The van der Waals surface area contributed by atoms with Gasteiger partial charge in [-0.3, -0.25) is 9.48 Å². The van der Waals surface area contributed by atoms with Gasteiger partial charge in [0.2, 0.25) is 0 Å². The van der Waals surface area contributed by atoms with E-state index in [9.17, 15) is 4.79 Å². The second-order valence-electron chi connectivity index (χ2n) is 6.72. The molecule has 1 aliphatic rings. The van der Waals surface area contributed by atoms with E-state index in [1.54, 1.807) is 6.20 Å². The molecule has 0 spiro atoms. The van der Waals surface area contributed by atoms with Crippen molar-refractivity contribution < 1.29 is 4.79 Å². The summed E-state index contributed by atoms with van der Waals surface area (Å²) in [6.45, 7) is 6.16. The minimum absolute atomic E-state index is 0.0476. The number of aryl methyl sites for hydroxylation is 1. The lowest BCUT2D eigenvalue weighted by Gasteiger charge is -2.26. The lowest BCUT2D eigenvalue weighted by molar-refractivity contribution is 0.0731. The molecule has 0 saturated carbocycles. The van der Waals surface area contributed by atoms with Crippen LogP contribution in [0.15, 0.2) is 36.5 Å². The van der Waals surface area contributed by atoms with Gasteiger partial charge in [0.15, 0.2) is 0 Å². The Labute approximate surface area is 152 Å². The van der Waals surface area contributed by atoms with Crippen molar-refractivity contribution in [3.8, 4) is 11.4 Å². The van der Waals surface area contributed by atoms with Crippen LogP contribution in [0.2, 0.25) is 0 Å². The summed E-state index contributed by atoms with van der Waals surface area (Å²) in [6, 6.07) is 10.1. The molecule has 0 radical (unpaired) electrons. The molecule has 0 unspecified atom stereocenters. The lowest BCUT2D eigenvalue weighted by Crippen LogP contribution is -2.36. The van der Waals surface area contributed by atoms with Crippen molar-refractivity contribution in [3.05, 3.63) is 59.2 Å². The number of nitrogens with zero attached hydrogens (tertiary/aromatic N) is 4. The highest BCUT2D eigenvalue weighted by Gasteiger charge is 2.26. The van der Waals surface area contributed by atoms with E-state index in [-0.39, 0.29) is 5.91 Å². The highest BCUT2D eigenvalue weighted by Crippen LogP contribution is 2.24. The van der Waals surface area contributed by atoms with Crippen molar-refractivity contribution in [2.24, 2.45) is 0 Å². The first-order valence-corrected chi connectivity index (χ1v) is 9.12. The summed E-state index contributed by atoms with van der Waals surface area (Å²) in [4.78, 5) is 23.0. The third-order valence-electron chi connectivity index (χ3n) is 4.94. The molecule has 1 N–H and O–H groups in total. The van der Waals surface area contributed by atoms with Crippen LogP contribution in [0.25, 0.3) is 11.4 Å². The van der Waals surface area contributed by atoms with E-state index in [0.29, 0.717) is 18.7 Å². The summed E-state index contributed by atoms with van der Waals surface area (Å²) in [5, 5.41) is 4.36. The number of aromatic nitrogens is 4. The van der Waals surface area contributed by atoms with Gasteiger partial charge in [0, 0.05) is 30.8 Å². The second kappa shape index (κ2) is 6.78. The molecule has 0 bridgehead atoms. The highest BCUT2D eigenvalue weighted by atomic mass is 16.2. The molecule has 4 rings (SSSR count). The number of amides is 1. The maximum atomic E-state index is 13.0. The van der Waals surface area contributed by atoms with Gasteiger partial charge in [-0.15, -0.1) is 0 Å².